The summed E-state index contributed by atoms with van der Waals surface area (Å²) in [4.78, 5) is 2.72. The molecule has 0 atom stereocenters. The standard InChI is InChI=1S/C16H32BrN/c1-5-15(6-2)9-11-18(12-10-15)14-16(7-3,8-4)13-17/h5-14H2,1-4H3. The summed E-state index contributed by atoms with van der Waals surface area (Å²) in [5.41, 5.74) is 1.16. The molecule has 0 bridgehead atoms. The number of alkyl halides is 1. The summed E-state index contributed by atoms with van der Waals surface area (Å²) in [6, 6.07) is 0. The van der Waals surface area contributed by atoms with Gasteiger partial charge in [0.2, 0.25) is 0 Å². The molecule has 0 unspecified atom stereocenters. The summed E-state index contributed by atoms with van der Waals surface area (Å²) in [6.45, 7) is 13.4. The lowest BCUT2D eigenvalue weighted by Crippen LogP contribution is -2.45. The Kier molecular flexibility index (Phi) is 6.67. The normalized spacial score (nSPS) is 21.2. The molecule has 18 heavy (non-hydrogen) atoms. The van der Waals surface area contributed by atoms with E-state index in [4.69, 9.17) is 0 Å². The van der Waals surface area contributed by atoms with Crippen molar-refractivity contribution >= 4 is 15.9 Å². The van der Waals surface area contributed by atoms with Crippen molar-refractivity contribution in [3.8, 4) is 0 Å². The Balaban J connectivity index is 2.53. The van der Waals surface area contributed by atoms with Crippen molar-refractivity contribution in [2.24, 2.45) is 10.8 Å². The van der Waals surface area contributed by atoms with Crippen LogP contribution in [0.25, 0.3) is 0 Å². The van der Waals surface area contributed by atoms with Crippen LogP contribution in [-0.4, -0.2) is 29.9 Å². The molecule has 1 nitrogen and oxygen atoms in total. The van der Waals surface area contributed by atoms with Gasteiger partial charge in [-0.15, -0.1) is 0 Å². The average Bonchev–Trinajstić information content (AvgIpc) is 2.46. The summed E-state index contributed by atoms with van der Waals surface area (Å²) in [7, 11) is 0. The SMILES string of the molecule is CCC1(CC)CCN(CC(CC)(CC)CBr)CC1. The molecule has 0 N–H and O–H groups in total. The highest BCUT2D eigenvalue weighted by molar-refractivity contribution is 9.09. The summed E-state index contributed by atoms with van der Waals surface area (Å²) in [6.07, 6.45) is 8.12. The fourth-order valence-electron chi connectivity index (χ4n) is 3.32. The molecule has 0 aromatic rings. The van der Waals surface area contributed by atoms with Crippen LogP contribution in [0.2, 0.25) is 0 Å². The number of hydrogen-bond acceptors (Lipinski definition) is 1. The number of likely N-dealkylation sites (tertiary alicyclic amines) is 1. The molecule has 0 radical (unpaired) electrons. The lowest BCUT2D eigenvalue weighted by Gasteiger charge is -2.44. The van der Waals surface area contributed by atoms with Crippen molar-refractivity contribution in [2.45, 2.75) is 66.2 Å². The van der Waals surface area contributed by atoms with E-state index in [1.807, 2.05) is 0 Å². The summed E-state index contributed by atoms with van der Waals surface area (Å²) >= 11 is 3.74. The van der Waals surface area contributed by atoms with Crippen molar-refractivity contribution < 1.29 is 0 Å². The van der Waals surface area contributed by atoms with Gasteiger partial charge >= 0.3 is 0 Å². The van der Waals surface area contributed by atoms with Crippen LogP contribution in [0.1, 0.15) is 66.2 Å². The van der Waals surface area contributed by atoms with Crippen LogP contribution in [-0.2, 0) is 0 Å². The first-order chi connectivity index (χ1) is 8.59. The largest absolute Gasteiger partial charge is 0.303 e. The molecule has 0 aromatic carbocycles. The maximum atomic E-state index is 3.74. The molecule has 2 heteroatoms. The van der Waals surface area contributed by atoms with E-state index in [2.05, 4.69) is 48.5 Å². The number of halogens is 1. The Morgan fingerprint density at radius 2 is 1.50 bits per heavy atom. The van der Waals surface area contributed by atoms with E-state index in [0.29, 0.717) is 10.8 Å². The monoisotopic (exact) mass is 317 g/mol. The molecule has 0 spiro atoms. The molecule has 1 heterocycles. The molecular formula is C16H32BrN. The first kappa shape index (κ1) is 16.5. The van der Waals surface area contributed by atoms with Crippen molar-refractivity contribution in [1.82, 2.24) is 4.90 Å². The fraction of sp³-hybridized carbons (Fsp3) is 1.00. The second-order valence-electron chi connectivity index (χ2n) is 6.32. The maximum Gasteiger partial charge on any atom is 0.01000 e. The van der Waals surface area contributed by atoms with Crippen molar-refractivity contribution in [2.75, 3.05) is 25.0 Å². The van der Waals surface area contributed by atoms with E-state index in [1.54, 1.807) is 0 Å². The first-order valence-corrected chi connectivity index (χ1v) is 8.99. The number of piperidine rings is 1. The second kappa shape index (κ2) is 7.28. The Morgan fingerprint density at radius 3 is 1.83 bits per heavy atom. The van der Waals surface area contributed by atoms with E-state index in [1.165, 1.54) is 58.2 Å². The van der Waals surface area contributed by atoms with Crippen LogP contribution < -0.4 is 0 Å². The molecule has 108 valence electrons. The van der Waals surface area contributed by atoms with E-state index >= 15 is 0 Å². The van der Waals surface area contributed by atoms with Crippen molar-refractivity contribution in [3.05, 3.63) is 0 Å². The summed E-state index contributed by atoms with van der Waals surface area (Å²) in [5.74, 6) is 0. The highest BCUT2D eigenvalue weighted by atomic mass is 79.9. The molecule has 1 rings (SSSR count). The van der Waals surface area contributed by atoms with Crippen LogP contribution in [0, 0.1) is 10.8 Å². The predicted octanol–water partition coefficient (Wildman–Crippen LogP) is 5.09. The van der Waals surface area contributed by atoms with Gasteiger partial charge in [0.05, 0.1) is 0 Å². The molecule has 1 fully saturated rings. The van der Waals surface area contributed by atoms with Gasteiger partial charge in [-0.3, -0.25) is 0 Å². The van der Waals surface area contributed by atoms with Crippen LogP contribution in [0.5, 0.6) is 0 Å². The van der Waals surface area contributed by atoms with Gasteiger partial charge in [0.25, 0.3) is 0 Å². The quantitative estimate of drug-likeness (QED) is 0.591. The molecular weight excluding hydrogens is 286 g/mol. The predicted molar refractivity (Wildman–Crippen MR) is 85.5 cm³/mol. The molecule has 0 amide bonds. The minimum atomic E-state index is 0.498. The van der Waals surface area contributed by atoms with Gasteiger partial charge in [0.1, 0.15) is 0 Å². The molecule has 0 saturated carbocycles. The lowest BCUT2D eigenvalue weighted by atomic mass is 9.73. The first-order valence-electron chi connectivity index (χ1n) is 7.87. The van der Waals surface area contributed by atoms with Crippen molar-refractivity contribution in [1.29, 1.82) is 0 Å². The van der Waals surface area contributed by atoms with Gasteiger partial charge in [0, 0.05) is 11.9 Å². The third kappa shape index (κ3) is 3.72. The third-order valence-corrected chi connectivity index (χ3v) is 6.95. The second-order valence-corrected chi connectivity index (χ2v) is 6.88. The van der Waals surface area contributed by atoms with Gasteiger partial charge in [-0.25, -0.2) is 0 Å². The number of hydrogen-bond donors (Lipinski definition) is 0. The highest BCUT2D eigenvalue weighted by Gasteiger charge is 2.34. The summed E-state index contributed by atoms with van der Waals surface area (Å²) in [5, 5.41) is 1.15. The molecule has 0 aromatic heterocycles. The lowest BCUT2D eigenvalue weighted by molar-refractivity contribution is 0.0636. The molecule has 1 aliphatic rings. The van der Waals surface area contributed by atoms with Crippen LogP contribution in [0.3, 0.4) is 0 Å². The topological polar surface area (TPSA) is 3.24 Å². The number of nitrogens with zero attached hydrogens (tertiary/aromatic N) is 1. The summed E-state index contributed by atoms with van der Waals surface area (Å²) < 4.78 is 0. The van der Waals surface area contributed by atoms with Crippen molar-refractivity contribution in [3.63, 3.8) is 0 Å². The zero-order valence-corrected chi connectivity index (χ0v) is 14.5. The van der Waals surface area contributed by atoms with E-state index in [0.717, 1.165) is 5.33 Å². The number of rotatable bonds is 7. The van der Waals surface area contributed by atoms with Gasteiger partial charge in [0.15, 0.2) is 0 Å². The molecule has 1 saturated heterocycles. The van der Waals surface area contributed by atoms with Gasteiger partial charge in [-0.05, 0) is 49.6 Å². The zero-order chi connectivity index (χ0) is 13.6. The zero-order valence-electron chi connectivity index (χ0n) is 12.9. The Hall–Kier alpha value is 0.440. The minimum Gasteiger partial charge on any atom is -0.303 e. The smallest absolute Gasteiger partial charge is 0.01000 e. The fourth-order valence-corrected chi connectivity index (χ4v) is 4.29. The van der Waals surface area contributed by atoms with Crippen LogP contribution >= 0.6 is 15.9 Å². The van der Waals surface area contributed by atoms with E-state index < -0.39 is 0 Å². The molecule has 1 aliphatic heterocycles. The third-order valence-electron chi connectivity index (χ3n) is 5.76. The minimum absolute atomic E-state index is 0.498. The Bertz CT molecular complexity index is 213. The maximum absolute atomic E-state index is 3.74. The van der Waals surface area contributed by atoms with E-state index in [9.17, 15) is 0 Å². The van der Waals surface area contributed by atoms with Gasteiger partial charge in [-0.1, -0.05) is 56.5 Å². The average molecular weight is 318 g/mol. The Morgan fingerprint density at radius 1 is 1.00 bits per heavy atom. The van der Waals surface area contributed by atoms with Crippen LogP contribution in [0.4, 0.5) is 0 Å². The van der Waals surface area contributed by atoms with Gasteiger partial charge in [-0.2, -0.15) is 0 Å². The van der Waals surface area contributed by atoms with Gasteiger partial charge < -0.3 is 4.90 Å². The molecule has 0 aliphatic carbocycles. The van der Waals surface area contributed by atoms with E-state index in [-0.39, 0.29) is 0 Å². The van der Waals surface area contributed by atoms with Crippen LogP contribution in [0.15, 0.2) is 0 Å². The highest BCUT2D eigenvalue weighted by Crippen LogP contribution is 2.39. The Labute approximate surface area is 123 Å².